The van der Waals surface area contributed by atoms with Gasteiger partial charge in [-0.15, -0.1) is 0 Å². The summed E-state index contributed by atoms with van der Waals surface area (Å²) in [6.45, 7) is 5.04. The number of carbonyl (C=O) groups is 1. The average molecular weight is 380 g/mol. The van der Waals surface area contributed by atoms with Gasteiger partial charge in [-0.2, -0.15) is 0 Å². The van der Waals surface area contributed by atoms with Crippen molar-refractivity contribution in [2.24, 2.45) is 0 Å². The molecule has 3 rings (SSSR count). The van der Waals surface area contributed by atoms with Gasteiger partial charge in [0, 0.05) is 38.6 Å². The highest BCUT2D eigenvalue weighted by molar-refractivity contribution is 6.44. The van der Waals surface area contributed by atoms with Crippen LogP contribution in [0.1, 0.15) is 6.92 Å². The minimum absolute atomic E-state index is 0.0999. The van der Waals surface area contributed by atoms with Crippen LogP contribution >= 0.6 is 23.2 Å². The largest absolute Gasteiger partial charge is 0.353 e. The number of nitrogens with zero attached hydrogens (tertiary/aromatic N) is 4. The second kappa shape index (κ2) is 7.99. The fourth-order valence-electron chi connectivity index (χ4n) is 2.80. The van der Waals surface area contributed by atoms with Gasteiger partial charge in [-0.05, 0) is 19.1 Å². The Balaban J connectivity index is 1.58. The molecule has 132 valence electrons. The fourth-order valence-corrected chi connectivity index (χ4v) is 3.14. The molecule has 1 fully saturated rings. The summed E-state index contributed by atoms with van der Waals surface area (Å²) in [4.78, 5) is 25.3. The third kappa shape index (κ3) is 4.21. The van der Waals surface area contributed by atoms with Gasteiger partial charge in [-0.3, -0.25) is 14.7 Å². The molecule has 0 radical (unpaired) electrons. The number of carbonyl (C=O) groups excluding carboxylic acids is 1. The van der Waals surface area contributed by atoms with Crippen molar-refractivity contribution in [2.75, 3.05) is 36.4 Å². The average Bonchev–Trinajstić information content (AvgIpc) is 2.65. The van der Waals surface area contributed by atoms with E-state index in [1.807, 2.05) is 6.92 Å². The Hall–Kier alpha value is -1.89. The van der Waals surface area contributed by atoms with Crippen molar-refractivity contribution in [1.29, 1.82) is 0 Å². The number of hydrogen-bond acceptors (Lipinski definition) is 5. The van der Waals surface area contributed by atoms with Crippen molar-refractivity contribution in [3.05, 3.63) is 46.8 Å². The zero-order valence-electron chi connectivity index (χ0n) is 13.8. The molecule has 2 aromatic rings. The second-order valence-corrected chi connectivity index (χ2v) is 6.64. The highest BCUT2D eigenvalue weighted by Gasteiger charge is 2.26. The van der Waals surface area contributed by atoms with Crippen LogP contribution in [0, 0.1) is 0 Å². The molecule has 0 spiro atoms. The Labute approximate surface area is 156 Å². The van der Waals surface area contributed by atoms with E-state index in [9.17, 15) is 4.79 Å². The highest BCUT2D eigenvalue weighted by Crippen LogP contribution is 2.29. The third-order valence-corrected chi connectivity index (χ3v) is 5.14. The zero-order valence-corrected chi connectivity index (χ0v) is 15.3. The van der Waals surface area contributed by atoms with Crippen molar-refractivity contribution in [2.45, 2.75) is 13.0 Å². The van der Waals surface area contributed by atoms with Gasteiger partial charge in [0.15, 0.2) is 0 Å². The minimum atomic E-state index is -0.265. The maximum absolute atomic E-state index is 12.5. The van der Waals surface area contributed by atoms with Crippen LogP contribution in [0.15, 0.2) is 36.8 Å². The molecule has 1 amide bonds. The van der Waals surface area contributed by atoms with E-state index in [1.165, 1.54) is 0 Å². The first-order valence-corrected chi connectivity index (χ1v) is 8.81. The lowest BCUT2D eigenvalue weighted by Gasteiger charge is -2.37. The first-order chi connectivity index (χ1) is 12.1. The highest BCUT2D eigenvalue weighted by atomic mass is 35.5. The van der Waals surface area contributed by atoms with E-state index < -0.39 is 0 Å². The second-order valence-electron chi connectivity index (χ2n) is 5.85. The lowest BCUT2D eigenvalue weighted by molar-refractivity contribution is -0.120. The summed E-state index contributed by atoms with van der Waals surface area (Å²) in [6.07, 6.45) is 5.10. The number of amides is 1. The van der Waals surface area contributed by atoms with E-state index in [-0.39, 0.29) is 11.9 Å². The normalized spacial score (nSPS) is 16.5. The number of nitrogens with one attached hydrogen (secondary N) is 1. The van der Waals surface area contributed by atoms with Gasteiger partial charge in [0.1, 0.15) is 5.82 Å². The smallest absolute Gasteiger partial charge is 0.241 e. The summed E-state index contributed by atoms with van der Waals surface area (Å²) < 4.78 is 0. The molecule has 1 aliphatic heterocycles. The Bertz CT molecular complexity index is 735. The molecule has 2 heterocycles. The fraction of sp³-hybridized carbons (Fsp3) is 0.353. The van der Waals surface area contributed by atoms with Gasteiger partial charge in [0.2, 0.25) is 5.91 Å². The van der Waals surface area contributed by atoms with Crippen LogP contribution in [0.4, 0.5) is 11.5 Å². The van der Waals surface area contributed by atoms with E-state index in [0.29, 0.717) is 15.7 Å². The molecular weight excluding hydrogens is 361 g/mol. The predicted octanol–water partition coefficient (Wildman–Crippen LogP) is 2.93. The lowest BCUT2D eigenvalue weighted by Crippen LogP contribution is -2.53. The van der Waals surface area contributed by atoms with Gasteiger partial charge in [0.25, 0.3) is 0 Å². The van der Waals surface area contributed by atoms with E-state index in [4.69, 9.17) is 23.2 Å². The lowest BCUT2D eigenvalue weighted by atomic mass is 10.2. The number of piperazine rings is 1. The topological polar surface area (TPSA) is 61.4 Å². The molecule has 1 unspecified atom stereocenters. The third-order valence-electron chi connectivity index (χ3n) is 4.32. The number of anilines is 2. The SMILES string of the molecule is CC(C(=O)Nc1cccc(Cl)c1Cl)N1CCN(c2cnccn2)CC1. The van der Waals surface area contributed by atoms with Crippen molar-refractivity contribution >= 4 is 40.6 Å². The molecule has 1 saturated heterocycles. The molecule has 1 N–H and O–H groups in total. The van der Waals surface area contributed by atoms with Crippen LogP contribution in [-0.2, 0) is 4.79 Å². The number of aromatic nitrogens is 2. The minimum Gasteiger partial charge on any atom is -0.353 e. The number of benzene rings is 1. The summed E-state index contributed by atoms with van der Waals surface area (Å²) >= 11 is 12.1. The van der Waals surface area contributed by atoms with Crippen molar-refractivity contribution in [1.82, 2.24) is 14.9 Å². The van der Waals surface area contributed by atoms with E-state index in [1.54, 1.807) is 36.8 Å². The molecule has 1 aliphatic rings. The maximum Gasteiger partial charge on any atom is 0.241 e. The molecule has 0 aliphatic carbocycles. The van der Waals surface area contributed by atoms with E-state index >= 15 is 0 Å². The summed E-state index contributed by atoms with van der Waals surface area (Å²) in [5, 5.41) is 3.64. The standard InChI is InChI=1S/C17H19Cl2N5O/c1-12(17(25)22-14-4-2-3-13(18)16(14)19)23-7-9-24(10-8-23)15-11-20-5-6-21-15/h2-6,11-12H,7-10H2,1H3,(H,22,25). The Kier molecular flexibility index (Phi) is 5.73. The monoisotopic (exact) mass is 379 g/mol. The summed E-state index contributed by atoms with van der Waals surface area (Å²) in [7, 11) is 0. The Morgan fingerprint density at radius 3 is 2.64 bits per heavy atom. The predicted molar refractivity (Wildman–Crippen MR) is 100 cm³/mol. The molecule has 0 bridgehead atoms. The Morgan fingerprint density at radius 2 is 1.96 bits per heavy atom. The van der Waals surface area contributed by atoms with Crippen LogP contribution in [0.3, 0.4) is 0 Å². The molecule has 8 heteroatoms. The maximum atomic E-state index is 12.5. The van der Waals surface area contributed by atoms with Gasteiger partial charge in [-0.1, -0.05) is 29.3 Å². The summed E-state index contributed by atoms with van der Waals surface area (Å²) in [6, 6.07) is 4.92. The van der Waals surface area contributed by atoms with Crippen LogP contribution < -0.4 is 10.2 Å². The number of hydrogen-bond donors (Lipinski definition) is 1. The first-order valence-electron chi connectivity index (χ1n) is 8.06. The molecule has 1 atom stereocenters. The van der Waals surface area contributed by atoms with E-state index in [0.717, 1.165) is 32.0 Å². The quantitative estimate of drug-likeness (QED) is 0.884. The van der Waals surface area contributed by atoms with E-state index in [2.05, 4.69) is 25.1 Å². The van der Waals surface area contributed by atoms with Crippen molar-refractivity contribution in [3.8, 4) is 0 Å². The molecule has 1 aromatic heterocycles. The van der Waals surface area contributed by atoms with Crippen LogP contribution in [0.25, 0.3) is 0 Å². The van der Waals surface area contributed by atoms with Crippen LogP contribution in [0.5, 0.6) is 0 Å². The van der Waals surface area contributed by atoms with Gasteiger partial charge in [-0.25, -0.2) is 4.98 Å². The molecule has 0 saturated carbocycles. The van der Waals surface area contributed by atoms with Crippen LogP contribution in [-0.4, -0.2) is 53.0 Å². The molecular formula is C17H19Cl2N5O. The summed E-state index contributed by atoms with van der Waals surface area (Å²) in [5.41, 5.74) is 0.532. The van der Waals surface area contributed by atoms with Gasteiger partial charge in [0.05, 0.1) is 28.0 Å². The first kappa shape index (κ1) is 17.9. The van der Waals surface area contributed by atoms with Crippen LogP contribution in [0.2, 0.25) is 10.0 Å². The van der Waals surface area contributed by atoms with Gasteiger partial charge < -0.3 is 10.2 Å². The molecule has 1 aromatic carbocycles. The number of halogens is 2. The summed E-state index contributed by atoms with van der Waals surface area (Å²) in [5.74, 6) is 0.766. The molecule has 25 heavy (non-hydrogen) atoms. The van der Waals surface area contributed by atoms with Crippen molar-refractivity contribution < 1.29 is 4.79 Å². The number of rotatable bonds is 4. The van der Waals surface area contributed by atoms with Crippen molar-refractivity contribution in [3.63, 3.8) is 0 Å². The molecule has 6 nitrogen and oxygen atoms in total. The van der Waals surface area contributed by atoms with Gasteiger partial charge >= 0.3 is 0 Å². The Morgan fingerprint density at radius 1 is 1.20 bits per heavy atom. The zero-order chi connectivity index (χ0) is 17.8.